The van der Waals surface area contributed by atoms with E-state index in [1.807, 2.05) is 41.6 Å². The van der Waals surface area contributed by atoms with Crippen molar-refractivity contribution >= 4 is 28.7 Å². The van der Waals surface area contributed by atoms with Crippen LogP contribution in [0, 0.1) is 0 Å². The van der Waals surface area contributed by atoms with Gasteiger partial charge in [-0.2, -0.15) is 0 Å². The Bertz CT molecular complexity index is 888. The van der Waals surface area contributed by atoms with Crippen molar-refractivity contribution in [3.8, 4) is 0 Å². The van der Waals surface area contributed by atoms with Gasteiger partial charge in [-0.1, -0.05) is 12.1 Å². The maximum atomic E-state index is 12.6. The fourth-order valence-electron chi connectivity index (χ4n) is 3.57. The first-order chi connectivity index (χ1) is 13.7. The van der Waals surface area contributed by atoms with Gasteiger partial charge in [0.2, 0.25) is 5.91 Å². The fraction of sp³-hybridized carbons (Fsp3) is 0.381. The molecule has 1 atom stereocenters. The lowest BCUT2D eigenvalue weighted by Crippen LogP contribution is -3.13. The average Bonchev–Trinajstić information content (AvgIpc) is 3.17. The summed E-state index contributed by atoms with van der Waals surface area (Å²) in [5.41, 5.74) is 3.33. The van der Waals surface area contributed by atoms with Crippen LogP contribution in [0.5, 0.6) is 0 Å². The number of aromatic nitrogens is 3. The van der Waals surface area contributed by atoms with Gasteiger partial charge in [-0.15, -0.1) is 11.8 Å². The topological polar surface area (TPSA) is 66.3 Å². The number of carbonyl (C=O) groups excluding carboxylic acids is 1. The lowest BCUT2D eigenvalue weighted by atomic mass is 10.2. The first-order valence-corrected chi connectivity index (χ1v) is 10.8. The smallest absolute Gasteiger partial charge is 0.233 e. The number of pyridine rings is 1. The van der Waals surface area contributed by atoms with Gasteiger partial charge in [0.05, 0.1) is 48.2 Å². The summed E-state index contributed by atoms with van der Waals surface area (Å²) in [5, 5.41) is 0.162. The van der Waals surface area contributed by atoms with E-state index in [2.05, 4.69) is 34.0 Å². The molecule has 4 rings (SSSR count). The monoisotopic (exact) mass is 396 g/mol. The molecular formula is C21H26N5OS+. The largest absolute Gasteiger partial charge is 0.341 e. The second-order valence-electron chi connectivity index (χ2n) is 7.26. The van der Waals surface area contributed by atoms with E-state index in [1.165, 1.54) is 10.5 Å². The molecule has 146 valence electrons. The van der Waals surface area contributed by atoms with Crippen LogP contribution in [0.1, 0.15) is 23.6 Å². The molecule has 1 aliphatic rings. The van der Waals surface area contributed by atoms with Crippen molar-refractivity contribution in [2.45, 2.75) is 18.7 Å². The van der Waals surface area contributed by atoms with Crippen molar-refractivity contribution in [1.82, 2.24) is 19.9 Å². The second-order valence-corrected chi connectivity index (χ2v) is 8.58. The maximum absolute atomic E-state index is 12.6. The number of imidazole rings is 1. The molecule has 0 unspecified atom stereocenters. The maximum Gasteiger partial charge on any atom is 0.233 e. The van der Waals surface area contributed by atoms with Gasteiger partial charge in [0.25, 0.3) is 0 Å². The summed E-state index contributed by atoms with van der Waals surface area (Å²) in [4.78, 5) is 28.2. The SMILES string of the molecule is C[C@@H](SCC(=O)N1CC[NH+](Cc2ccncc2)CC1)c1nc2ccccc2[nH]1. The zero-order valence-electron chi connectivity index (χ0n) is 16.1. The highest BCUT2D eigenvalue weighted by atomic mass is 32.2. The normalized spacial score (nSPS) is 16.4. The molecule has 1 amide bonds. The van der Waals surface area contributed by atoms with Crippen molar-refractivity contribution in [1.29, 1.82) is 0 Å². The van der Waals surface area contributed by atoms with E-state index in [0.29, 0.717) is 5.75 Å². The first-order valence-electron chi connectivity index (χ1n) is 9.75. The van der Waals surface area contributed by atoms with E-state index in [0.717, 1.165) is 49.6 Å². The van der Waals surface area contributed by atoms with Gasteiger partial charge in [0.15, 0.2) is 0 Å². The lowest BCUT2D eigenvalue weighted by Gasteiger charge is -2.32. The molecule has 0 radical (unpaired) electrons. The Morgan fingerprint density at radius 2 is 1.96 bits per heavy atom. The van der Waals surface area contributed by atoms with Crippen LogP contribution in [-0.4, -0.2) is 57.7 Å². The summed E-state index contributed by atoms with van der Waals surface area (Å²) < 4.78 is 0. The standard InChI is InChI=1S/C21H25N5OS/c1-16(21-23-18-4-2-3-5-19(18)24-21)28-15-20(27)26-12-10-25(11-13-26)14-17-6-8-22-9-7-17/h2-9,16H,10-15H2,1H3,(H,23,24)/p+1/t16-/m1/s1. The highest BCUT2D eigenvalue weighted by molar-refractivity contribution is 8.00. The molecule has 28 heavy (non-hydrogen) atoms. The highest BCUT2D eigenvalue weighted by Gasteiger charge is 2.24. The van der Waals surface area contributed by atoms with Crippen LogP contribution in [0.2, 0.25) is 0 Å². The number of fused-ring (bicyclic) bond motifs is 1. The molecule has 2 N–H and O–H groups in total. The number of rotatable bonds is 6. The number of carbonyl (C=O) groups is 1. The Hall–Kier alpha value is -2.38. The molecule has 3 heterocycles. The minimum absolute atomic E-state index is 0.162. The number of nitrogens with zero attached hydrogens (tertiary/aromatic N) is 3. The van der Waals surface area contributed by atoms with Crippen molar-refractivity contribution in [3.05, 3.63) is 60.2 Å². The van der Waals surface area contributed by atoms with E-state index in [1.54, 1.807) is 11.8 Å². The van der Waals surface area contributed by atoms with Crippen LogP contribution in [-0.2, 0) is 11.3 Å². The van der Waals surface area contributed by atoms with Gasteiger partial charge in [0, 0.05) is 18.0 Å². The molecule has 2 aromatic heterocycles. The molecule has 6 nitrogen and oxygen atoms in total. The molecule has 1 aliphatic heterocycles. The molecule has 0 saturated carbocycles. The van der Waals surface area contributed by atoms with Gasteiger partial charge >= 0.3 is 0 Å². The van der Waals surface area contributed by atoms with Crippen LogP contribution < -0.4 is 4.90 Å². The molecule has 0 spiro atoms. The van der Waals surface area contributed by atoms with Crippen LogP contribution in [0.4, 0.5) is 0 Å². The number of thioether (sulfide) groups is 1. The van der Waals surface area contributed by atoms with Crippen molar-refractivity contribution in [3.63, 3.8) is 0 Å². The minimum Gasteiger partial charge on any atom is -0.341 e. The Morgan fingerprint density at radius 1 is 1.21 bits per heavy atom. The first kappa shape index (κ1) is 19.0. The number of H-pyrrole nitrogens is 1. The van der Waals surface area contributed by atoms with Gasteiger partial charge in [0.1, 0.15) is 12.4 Å². The predicted molar refractivity (Wildman–Crippen MR) is 112 cm³/mol. The number of hydrogen-bond acceptors (Lipinski definition) is 4. The van der Waals surface area contributed by atoms with E-state index in [4.69, 9.17) is 0 Å². The fourth-order valence-corrected chi connectivity index (χ4v) is 4.41. The van der Waals surface area contributed by atoms with Crippen LogP contribution in [0.3, 0.4) is 0 Å². The van der Waals surface area contributed by atoms with Gasteiger partial charge in [-0.25, -0.2) is 4.98 Å². The van der Waals surface area contributed by atoms with Gasteiger partial charge in [-0.3, -0.25) is 9.78 Å². The summed E-state index contributed by atoms with van der Waals surface area (Å²) in [6.45, 7) is 6.77. The van der Waals surface area contributed by atoms with Crippen molar-refractivity contribution < 1.29 is 9.69 Å². The molecule has 0 aliphatic carbocycles. The minimum atomic E-state index is 0.162. The molecule has 1 fully saturated rings. The highest BCUT2D eigenvalue weighted by Crippen LogP contribution is 2.27. The molecule has 1 aromatic carbocycles. The zero-order chi connectivity index (χ0) is 19.3. The molecule has 3 aromatic rings. The summed E-state index contributed by atoms with van der Waals surface area (Å²) in [6.07, 6.45) is 3.68. The molecular weight excluding hydrogens is 370 g/mol. The summed E-state index contributed by atoms with van der Waals surface area (Å²) >= 11 is 1.65. The Morgan fingerprint density at radius 3 is 2.71 bits per heavy atom. The van der Waals surface area contributed by atoms with E-state index >= 15 is 0 Å². The lowest BCUT2D eigenvalue weighted by molar-refractivity contribution is -0.917. The van der Waals surface area contributed by atoms with Crippen LogP contribution >= 0.6 is 11.8 Å². The zero-order valence-corrected chi connectivity index (χ0v) is 16.9. The number of nitrogens with one attached hydrogen (secondary N) is 2. The van der Waals surface area contributed by atoms with E-state index in [9.17, 15) is 4.79 Å². The Labute approximate surface area is 169 Å². The van der Waals surface area contributed by atoms with Gasteiger partial charge in [-0.05, 0) is 31.2 Å². The number of hydrogen-bond donors (Lipinski definition) is 2. The van der Waals surface area contributed by atoms with Crippen molar-refractivity contribution in [2.75, 3.05) is 31.9 Å². The number of amides is 1. The third-order valence-corrected chi connectivity index (χ3v) is 6.41. The van der Waals surface area contributed by atoms with Crippen LogP contribution in [0.25, 0.3) is 11.0 Å². The average molecular weight is 397 g/mol. The number of aromatic amines is 1. The van der Waals surface area contributed by atoms with E-state index in [-0.39, 0.29) is 11.2 Å². The van der Waals surface area contributed by atoms with Gasteiger partial charge < -0.3 is 14.8 Å². The third kappa shape index (κ3) is 4.54. The second kappa shape index (κ2) is 8.75. The summed E-state index contributed by atoms with van der Waals surface area (Å²) in [5.74, 6) is 1.67. The van der Waals surface area contributed by atoms with E-state index < -0.39 is 0 Å². The quantitative estimate of drug-likeness (QED) is 0.665. The Kier molecular flexibility index (Phi) is 5.92. The third-order valence-electron chi connectivity index (χ3n) is 5.28. The predicted octanol–water partition coefficient (Wildman–Crippen LogP) is 1.68. The number of benzene rings is 1. The number of piperazine rings is 1. The van der Waals surface area contributed by atoms with Crippen molar-refractivity contribution in [2.24, 2.45) is 0 Å². The molecule has 1 saturated heterocycles. The summed E-state index contributed by atoms with van der Waals surface area (Å²) in [6, 6.07) is 12.2. The number of quaternary nitrogens is 1. The molecule has 7 heteroatoms. The molecule has 0 bridgehead atoms. The Balaban J connectivity index is 1.24. The summed E-state index contributed by atoms with van der Waals surface area (Å²) in [7, 11) is 0. The number of para-hydroxylation sites is 2. The van der Waals surface area contributed by atoms with Crippen LogP contribution in [0.15, 0.2) is 48.8 Å².